The Hall–Kier alpha value is -1.38. The predicted molar refractivity (Wildman–Crippen MR) is 134 cm³/mol. The summed E-state index contributed by atoms with van der Waals surface area (Å²) in [4.78, 5) is 23.9. The maximum Gasteiger partial charge on any atom is 0.330 e. The number of hydrogen-bond donors (Lipinski definition) is 1. The van der Waals surface area contributed by atoms with Crippen LogP contribution in [0.5, 0.6) is 0 Å². The topological polar surface area (TPSA) is 54.4 Å². The third-order valence-electron chi connectivity index (χ3n) is 11.7. The molecular weight excluding hydrogens is 408 g/mol. The highest BCUT2D eigenvalue weighted by molar-refractivity contribution is 5.86. The minimum Gasteiger partial charge on any atom is -0.478 e. The molecule has 0 radical (unpaired) electrons. The Morgan fingerprint density at radius 1 is 1.03 bits per heavy atom. The van der Waals surface area contributed by atoms with Gasteiger partial charge in [0.1, 0.15) is 5.78 Å². The standard InChI is InChI=1S/C30H46O3/c1-19(9-8-10-20(2)26(32)33)21-13-17-30(7)23-11-12-24-27(3,4)25(31)15-16-28(24,5)22(23)14-18-29(21,30)6/h10,19,21,24H,8-9,11-18H2,1-7H3,(H,32,33)/t19-,21-,24-,28-,29+,30+/m0/s1. The molecule has 0 aromatic rings. The SMILES string of the molecule is CC(=CCC[C@H](C)[C@@H]1CC[C@]2(C)C3=C(CC[C@]12C)[C@]1(C)CCC(=O)C(C)(C)[C@@H]1CC3)C(=O)O. The number of fused-ring (bicyclic) bond motifs is 4. The van der Waals surface area contributed by atoms with E-state index < -0.39 is 5.97 Å². The second kappa shape index (κ2) is 8.09. The molecule has 0 saturated heterocycles. The van der Waals surface area contributed by atoms with Crippen LogP contribution in [0, 0.1) is 39.4 Å². The molecule has 4 aliphatic carbocycles. The van der Waals surface area contributed by atoms with E-state index in [-0.39, 0.29) is 16.2 Å². The van der Waals surface area contributed by atoms with Crippen LogP contribution in [0.25, 0.3) is 0 Å². The first kappa shape index (κ1) is 24.7. The fraction of sp³-hybridized carbons (Fsp3) is 0.800. The molecule has 0 aromatic heterocycles. The number of Topliss-reactive ketones (excluding diaryl/α,β-unsaturated/α-hetero) is 1. The van der Waals surface area contributed by atoms with Crippen molar-refractivity contribution < 1.29 is 14.7 Å². The minimum atomic E-state index is -0.800. The van der Waals surface area contributed by atoms with Crippen LogP contribution in [-0.4, -0.2) is 16.9 Å². The van der Waals surface area contributed by atoms with Gasteiger partial charge in [0.2, 0.25) is 0 Å². The zero-order valence-corrected chi connectivity index (χ0v) is 22.1. The first-order valence-corrected chi connectivity index (χ1v) is 13.5. The van der Waals surface area contributed by atoms with Crippen LogP contribution >= 0.6 is 0 Å². The van der Waals surface area contributed by atoms with Gasteiger partial charge in [-0.25, -0.2) is 4.79 Å². The largest absolute Gasteiger partial charge is 0.478 e. The molecule has 6 atom stereocenters. The lowest BCUT2D eigenvalue weighted by Gasteiger charge is -2.61. The number of carboxylic acid groups (broad SMARTS) is 1. The predicted octanol–water partition coefficient (Wildman–Crippen LogP) is 7.75. The van der Waals surface area contributed by atoms with Gasteiger partial charge in [0, 0.05) is 17.4 Å². The van der Waals surface area contributed by atoms with Crippen molar-refractivity contribution in [1.29, 1.82) is 0 Å². The quantitative estimate of drug-likeness (QED) is 0.341. The summed E-state index contributed by atoms with van der Waals surface area (Å²) in [6, 6.07) is 0. The maximum atomic E-state index is 12.8. The summed E-state index contributed by atoms with van der Waals surface area (Å²) >= 11 is 0. The van der Waals surface area contributed by atoms with Crippen LogP contribution in [0.1, 0.15) is 113 Å². The van der Waals surface area contributed by atoms with E-state index in [2.05, 4.69) is 41.5 Å². The van der Waals surface area contributed by atoms with Crippen LogP contribution in [0.2, 0.25) is 0 Å². The molecule has 4 rings (SSSR count). The van der Waals surface area contributed by atoms with E-state index in [1.165, 1.54) is 38.5 Å². The Morgan fingerprint density at radius 2 is 1.73 bits per heavy atom. The number of rotatable bonds is 5. The number of carbonyl (C=O) groups is 2. The normalized spacial score (nSPS) is 41.3. The van der Waals surface area contributed by atoms with Crippen molar-refractivity contribution in [2.45, 2.75) is 113 Å². The molecule has 2 fully saturated rings. The van der Waals surface area contributed by atoms with E-state index in [1.54, 1.807) is 18.1 Å². The van der Waals surface area contributed by atoms with Crippen molar-refractivity contribution in [2.24, 2.45) is 39.4 Å². The van der Waals surface area contributed by atoms with Gasteiger partial charge in [0.15, 0.2) is 0 Å². The van der Waals surface area contributed by atoms with Gasteiger partial charge in [-0.05, 0) is 98.7 Å². The lowest BCUT2D eigenvalue weighted by atomic mass is 9.43. The Bertz CT molecular complexity index is 908. The van der Waals surface area contributed by atoms with Crippen LogP contribution < -0.4 is 0 Å². The zero-order valence-electron chi connectivity index (χ0n) is 22.1. The van der Waals surface area contributed by atoms with Crippen LogP contribution in [-0.2, 0) is 9.59 Å². The van der Waals surface area contributed by atoms with Crippen LogP contribution in [0.3, 0.4) is 0 Å². The molecule has 3 nitrogen and oxygen atoms in total. The summed E-state index contributed by atoms with van der Waals surface area (Å²) in [7, 11) is 0. The third kappa shape index (κ3) is 3.50. The van der Waals surface area contributed by atoms with Crippen LogP contribution in [0.4, 0.5) is 0 Å². The van der Waals surface area contributed by atoms with Gasteiger partial charge in [-0.1, -0.05) is 58.8 Å². The highest BCUT2D eigenvalue weighted by Gasteiger charge is 2.63. The fourth-order valence-corrected chi connectivity index (χ4v) is 9.29. The van der Waals surface area contributed by atoms with Crippen molar-refractivity contribution in [3.05, 3.63) is 22.8 Å². The summed E-state index contributed by atoms with van der Waals surface area (Å²) in [6.45, 7) is 16.2. The Balaban J connectivity index is 1.61. The molecule has 0 bridgehead atoms. The average molecular weight is 455 g/mol. The molecule has 0 spiro atoms. The monoisotopic (exact) mass is 454 g/mol. The smallest absolute Gasteiger partial charge is 0.330 e. The number of ketones is 1. The number of hydrogen-bond acceptors (Lipinski definition) is 2. The minimum absolute atomic E-state index is 0.193. The van der Waals surface area contributed by atoms with Gasteiger partial charge < -0.3 is 5.11 Å². The molecule has 0 heterocycles. The number of carboxylic acids is 1. The van der Waals surface area contributed by atoms with Gasteiger partial charge in [-0.15, -0.1) is 0 Å². The lowest BCUT2D eigenvalue weighted by molar-refractivity contribution is -0.139. The van der Waals surface area contributed by atoms with E-state index in [0.29, 0.717) is 34.5 Å². The van der Waals surface area contributed by atoms with Gasteiger partial charge in [-0.2, -0.15) is 0 Å². The zero-order chi connectivity index (χ0) is 24.4. The highest BCUT2D eigenvalue weighted by atomic mass is 16.4. The van der Waals surface area contributed by atoms with Crippen molar-refractivity contribution in [1.82, 2.24) is 0 Å². The number of carbonyl (C=O) groups excluding carboxylic acids is 1. The molecule has 0 amide bonds. The Kier molecular flexibility index (Phi) is 6.07. The molecule has 0 unspecified atom stereocenters. The van der Waals surface area contributed by atoms with E-state index in [0.717, 1.165) is 25.7 Å². The van der Waals surface area contributed by atoms with Crippen LogP contribution in [0.15, 0.2) is 22.8 Å². The molecule has 0 aromatic carbocycles. The third-order valence-corrected chi connectivity index (χ3v) is 11.7. The molecule has 0 aliphatic heterocycles. The van der Waals surface area contributed by atoms with E-state index >= 15 is 0 Å². The lowest BCUT2D eigenvalue weighted by Crippen LogP contribution is -2.53. The second-order valence-corrected chi connectivity index (χ2v) is 13.3. The fourth-order valence-electron chi connectivity index (χ4n) is 9.29. The van der Waals surface area contributed by atoms with E-state index in [1.807, 2.05) is 6.08 Å². The van der Waals surface area contributed by atoms with Crippen molar-refractivity contribution in [3.8, 4) is 0 Å². The summed E-state index contributed by atoms with van der Waals surface area (Å²) in [5, 5.41) is 9.16. The summed E-state index contributed by atoms with van der Waals surface area (Å²) in [5.41, 5.74) is 4.58. The van der Waals surface area contributed by atoms with Crippen molar-refractivity contribution in [2.75, 3.05) is 0 Å². The van der Waals surface area contributed by atoms with Gasteiger partial charge >= 0.3 is 5.97 Å². The second-order valence-electron chi connectivity index (χ2n) is 13.3. The molecule has 4 aliphatic rings. The number of allylic oxidation sites excluding steroid dienone is 3. The Morgan fingerprint density at radius 3 is 2.39 bits per heavy atom. The molecule has 3 heteroatoms. The average Bonchev–Trinajstić information content (AvgIpc) is 3.02. The van der Waals surface area contributed by atoms with Gasteiger partial charge in [-0.3, -0.25) is 4.79 Å². The number of aliphatic carboxylic acids is 1. The van der Waals surface area contributed by atoms with E-state index in [4.69, 9.17) is 5.11 Å². The molecule has 184 valence electrons. The highest BCUT2D eigenvalue weighted by Crippen LogP contribution is 2.72. The maximum absolute atomic E-state index is 12.8. The van der Waals surface area contributed by atoms with Gasteiger partial charge in [0.05, 0.1) is 0 Å². The molecule has 2 saturated carbocycles. The first-order valence-electron chi connectivity index (χ1n) is 13.5. The summed E-state index contributed by atoms with van der Waals surface area (Å²) in [5.74, 6) is 1.47. The molecule has 33 heavy (non-hydrogen) atoms. The molecule has 1 N–H and O–H groups in total. The van der Waals surface area contributed by atoms with E-state index in [9.17, 15) is 9.59 Å². The van der Waals surface area contributed by atoms with Crippen molar-refractivity contribution in [3.63, 3.8) is 0 Å². The van der Waals surface area contributed by atoms with Crippen molar-refractivity contribution >= 4 is 11.8 Å². The molecular formula is C30H46O3. The Labute approximate surface area is 201 Å². The first-order chi connectivity index (χ1) is 15.3. The summed E-state index contributed by atoms with van der Waals surface area (Å²) in [6.07, 6.45) is 13.0. The van der Waals surface area contributed by atoms with Gasteiger partial charge in [0.25, 0.3) is 0 Å². The summed E-state index contributed by atoms with van der Waals surface area (Å²) < 4.78 is 0.